The topological polar surface area (TPSA) is 50.4 Å². The van der Waals surface area contributed by atoms with Gasteiger partial charge in [-0.25, -0.2) is 0 Å². The Morgan fingerprint density at radius 3 is 2.67 bits per heavy atom. The molecule has 0 aliphatic carbocycles. The van der Waals surface area contributed by atoms with Gasteiger partial charge in [0.15, 0.2) is 0 Å². The fourth-order valence-corrected chi connectivity index (χ4v) is 1.03. The van der Waals surface area contributed by atoms with Gasteiger partial charge in [0.05, 0.1) is 6.61 Å². The lowest BCUT2D eigenvalue weighted by Crippen LogP contribution is -2.49. The second-order valence-corrected chi connectivity index (χ2v) is 2.90. The number of hydrogen-bond donors (Lipinski definition) is 2. The van der Waals surface area contributed by atoms with Crippen LogP contribution in [0.1, 0.15) is 0 Å². The first-order chi connectivity index (χ1) is 6.49. The van der Waals surface area contributed by atoms with Crippen LogP contribution in [0, 0.1) is 0 Å². The van der Waals surface area contributed by atoms with Gasteiger partial charge in [-0.2, -0.15) is 13.2 Å². The van der Waals surface area contributed by atoms with E-state index < -0.39 is 24.7 Å². The summed E-state index contributed by atoms with van der Waals surface area (Å²) in [5.74, 6) is -0.727. The molecule has 90 valence electrons. The Hall–Kier alpha value is -0.530. The number of hydrogen-bond acceptors (Lipinski definition) is 3. The molecule has 0 aromatic rings. The Kier molecular flexibility index (Phi) is 5.92. The minimum absolute atomic E-state index is 0. The Morgan fingerprint density at radius 1 is 1.53 bits per heavy atom. The summed E-state index contributed by atoms with van der Waals surface area (Å²) in [6.45, 7) is -0.109. The van der Waals surface area contributed by atoms with Crippen molar-refractivity contribution in [2.24, 2.45) is 0 Å². The van der Waals surface area contributed by atoms with E-state index in [9.17, 15) is 18.0 Å². The summed E-state index contributed by atoms with van der Waals surface area (Å²) >= 11 is 0. The minimum atomic E-state index is -4.38. The number of alkyl halides is 3. The number of halogens is 4. The first-order valence-corrected chi connectivity index (χ1v) is 4.16. The molecule has 0 bridgehead atoms. The molecule has 1 atom stereocenters. The van der Waals surface area contributed by atoms with Crippen molar-refractivity contribution in [2.45, 2.75) is 12.3 Å². The minimum Gasteiger partial charge on any atom is -0.366 e. The molecule has 2 N–H and O–H groups in total. The number of carbonyl (C=O) groups is 1. The van der Waals surface area contributed by atoms with E-state index in [0.29, 0.717) is 13.2 Å². The smallest absolute Gasteiger partial charge is 0.366 e. The van der Waals surface area contributed by atoms with E-state index >= 15 is 0 Å². The number of carbonyl (C=O) groups excluding carboxylic acids is 1. The molecule has 0 radical (unpaired) electrons. The van der Waals surface area contributed by atoms with E-state index in [1.54, 1.807) is 5.32 Å². The number of morpholine rings is 1. The summed E-state index contributed by atoms with van der Waals surface area (Å²) < 4.78 is 40.1. The van der Waals surface area contributed by atoms with Gasteiger partial charge in [-0.3, -0.25) is 4.79 Å². The molecule has 15 heavy (non-hydrogen) atoms. The molecule has 0 aromatic heterocycles. The van der Waals surface area contributed by atoms with E-state index in [2.05, 4.69) is 5.32 Å². The largest absolute Gasteiger partial charge is 0.405 e. The lowest BCUT2D eigenvalue weighted by Gasteiger charge is -2.22. The molecule has 0 saturated carbocycles. The molecule has 1 aliphatic rings. The summed E-state index contributed by atoms with van der Waals surface area (Å²) in [4.78, 5) is 11.1. The zero-order valence-corrected chi connectivity index (χ0v) is 8.58. The molecule has 1 aliphatic heterocycles. The van der Waals surface area contributed by atoms with Gasteiger partial charge >= 0.3 is 6.18 Å². The third kappa shape index (κ3) is 5.81. The summed E-state index contributed by atoms with van der Waals surface area (Å²) in [6.07, 6.45) is -5.19. The second kappa shape index (κ2) is 6.14. The molecule has 0 aromatic carbocycles. The molecule has 8 heteroatoms. The summed E-state index contributed by atoms with van der Waals surface area (Å²) in [7, 11) is 0. The fraction of sp³-hybridized carbons (Fsp3) is 0.857. The van der Waals surface area contributed by atoms with Crippen molar-refractivity contribution >= 4 is 18.3 Å². The van der Waals surface area contributed by atoms with Crippen molar-refractivity contribution in [2.75, 3.05) is 26.2 Å². The predicted molar refractivity (Wildman–Crippen MR) is 48.9 cm³/mol. The molecule has 1 fully saturated rings. The van der Waals surface area contributed by atoms with Gasteiger partial charge in [0.2, 0.25) is 0 Å². The van der Waals surface area contributed by atoms with E-state index in [-0.39, 0.29) is 19.0 Å². The molecule has 1 saturated heterocycles. The average Bonchev–Trinajstić information content (AvgIpc) is 2.14. The average molecular weight is 249 g/mol. The first-order valence-electron chi connectivity index (χ1n) is 4.16. The van der Waals surface area contributed by atoms with Gasteiger partial charge in [-0.05, 0) is 0 Å². The highest BCUT2D eigenvalue weighted by Crippen LogP contribution is 2.12. The lowest BCUT2D eigenvalue weighted by molar-refractivity contribution is -0.146. The van der Waals surface area contributed by atoms with Gasteiger partial charge in [-0.1, -0.05) is 0 Å². The maximum Gasteiger partial charge on any atom is 0.405 e. The van der Waals surface area contributed by atoms with Crippen LogP contribution in [0.5, 0.6) is 0 Å². The van der Waals surface area contributed by atoms with Crippen LogP contribution in [0.3, 0.4) is 0 Å². The molecular formula is C7H12ClF3N2O2. The number of amides is 1. The maximum atomic E-state index is 11.7. The van der Waals surface area contributed by atoms with Crippen LogP contribution in [0.15, 0.2) is 0 Å². The van der Waals surface area contributed by atoms with Crippen molar-refractivity contribution in [1.29, 1.82) is 0 Å². The van der Waals surface area contributed by atoms with E-state index in [1.807, 2.05) is 0 Å². The Morgan fingerprint density at radius 2 is 2.20 bits per heavy atom. The molecule has 1 amide bonds. The predicted octanol–water partition coefficient (Wildman–Crippen LogP) is 0.0751. The van der Waals surface area contributed by atoms with Crippen molar-refractivity contribution in [3.63, 3.8) is 0 Å². The molecular weight excluding hydrogens is 237 g/mol. The van der Waals surface area contributed by atoms with Crippen LogP contribution in [0.25, 0.3) is 0 Å². The normalized spacial score (nSPS) is 21.7. The lowest BCUT2D eigenvalue weighted by atomic mass is 10.3. The number of ether oxygens (including phenoxy) is 1. The van der Waals surface area contributed by atoms with Crippen molar-refractivity contribution in [1.82, 2.24) is 10.6 Å². The third-order valence-corrected chi connectivity index (χ3v) is 1.68. The van der Waals surface area contributed by atoms with Crippen molar-refractivity contribution in [3.8, 4) is 0 Å². The Labute approximate surface area is 90.9 Å². The maximum absolute atomic E-state index is 11.7. The van der Waals surface area contributed by atoms with Crippen LogP contribution < -0.4 is 10.6 Å². The van der Waals surface area contributed by atoms with Crippen LogP contribution in [0.4, 0.5) is 13.2 Å². The van der Waals surface area contributed by atoms with Gasteiger partial charge in [-0.15, -0.1) is 12.4 Å². The zero-order valence-electron chi connectivity index (χ0n) is 7.76. The zero-order chi connectivity index (χ0) is 10.6. The fourth-order valence-electron chi connectivity index (χ4n) is 1.03. The van der Waals surface area contributed by atoms with Crippen LogP contribution in [-0.4, -0.2) is 44.4 Å². The van der Waals surface area contributed by atoms with Crippen molar-refractivity contribution in [3.05, 3.63) is 0 Å². The SMILES string of the molecule is Cl.O=C(NCC(F)(F)F)[C@@H]1CNCCO1. The Bertz CT molecular complexity index is 207. The monoisotopic (exact) mass is 248 g/mol. The van der Waals surface area contributed by atoms with E-state index in [1.165, 1.54) is 0 Å². The summed E-state index contributed by atoms with van der Waals surface area (Å²) in [6, 6.07) is 0. The third-order valence-electron chi connectivity index (χ3n) is 1.68. The van der Waals surface area contributed by atoms with Crippen LogP contribution in [-0.2, 0) is 9.53 Å². The molecule has 0 spiro atoms. The van der Waals surface area contributed by atoms with Crippen LogP contribution >= 0.6 is 12.4 Å². The second-order valence-electron chi connectivity index (χ2n) is 2.90. The first kappa shape index (κ1) is 14.5. The van der Waals surface area contributed by atoms with E-state index in [4.69, 9.17) is 4.74 Å². The van der Waals surface area contributed by atoms with Gasteiger partial charge in [0.25, 0.3) is 5.91 Å². The standard InChI is InChI=1S/C7H11F3N2O2.ClH/c8-7(9,10)4-12-6(13)5-3-11-1-2-14-5;/h5,11H,1-4H2,(H,12,13);1H/t5-;/m0./s1. The van der Waals surface area contributed by atoms with Gasteiger partial charge < -0.3 is 15.4 Å². The van der Waals surface area contributed by atoms with Gasteiger partial charge in [0, 0.05) is 13.1 Å². The van der Waals surface area contributed by atoms with Crippen LogP contribution in [0.2, 0.25) is 0 Å². The summed E-state index contributed by atoms with van der Waals surface area (Å²) in [5.41, 5.74) is 0. The summed E-state index contributed by atoms with van der Waals surface area (Å²) in [5, 5.41) is 4.61. The highest BCUT2D eigenvalue weighted by atomic mass is 35.5. The van der Waals surface area contributed by atoms with E-state index in [0.717, 1.165) is 0 Å². The molecule has 1 heterocycles. The quantitative estimate of drug-likeness (QED) is 0.728. The number of nitrogens with one attached hydrogen (secondary N) is 2. The highest BCUT2D eigenvalue weighted by molar-refractivity contribution is 5.85. The van der Waals surface area contributed by atoms with Crippen molar-refractivity contribution < 1.29 is 22.7 Å². The molecule has 4 nitrogen and oxygen atoms in total. The molecule has 0 unspecified atom stereocenters. The molecule has 1 rings (SSSR count). The highest BCUT2D eigenvalue weighted by Gasteiger charge is 2.30. The number of rotatable bonds is 2. The van der Waals surface area contributed by atoms with Gasteiger partial charge in [0.1, 0.15) is 12.6 Å². The Balaban J connectivity index is 0.00000196.